The van der Waals surface area contributed by atoms with Crippen molar-refractivity contribution in [1.29, 1.82) is 0 Å². The summed E-state index contributed by atoms with van der Waals surface area (Å²) in [6.07, 6.45) is -0.350. The van der Waals surface area contributed by atoms with Crippen molar-refractivity contribution < 1.29 is 9.53 Å². The summed E-state index contributed by atoms with van der Waals surface area (Å²) < 4.78 is 5.51. The molecular weight excluding hydrogens is 152 g/mol. The van der Waals surface area contributed by atoms with Crippen LogP contribution in [0.3, 0.4) is 0 Å². The molecule has 0 N–H and O–H groups in total. The summed E-state index contributed by atoms with van der Waals surface area (Å²) in [5.41, 5.74) is 0.515. The van der Waals surface area contributed by atoms with Gasteiger partial charge < -0.3 is 4.74 Å². The van der Waals surface area contributed by atoms with Gasteiger partial charge in [0.15, 0.2) is 5.78 Å². The molecule has 0 aliphatic carbocycles. The molecule has 0 fully saturated rings. The second-order valence-electron chi connectivity index (χ2n) is 3.66. The zero-order chi connectivity index (χ0) is 9.94. The molecule has 0 bridgehead atoms. The molecule has 2 heteroatoms. The van der Waals surface area contributed by atoms with E-state index >= 15 is 0 Å². The van der Waals surface area contributed by atoms with Crippen LogP contribution in [0.25, 0.3) is 0 Å². The fourth-order valence-corrected chi connectivity index (χ4v) is 0.626. The summed E-state index contributed by atoms with van der Waals surface area (Å²) in [7, 11) is 0. The van der Waals surface area contributed by atoms with Crippen LogP contribution in [0.4, 0.5) is 0 Å². The van der Waals surface area contributed by atoms with E-state index in [1.165, 1.54) is 6.92 Å². The number of hydrogen-bond acceptors (Lipinski definition) is 2. The van der Waals surface area contributed by atoms with E-state index in [-0.39, 0.29) is 11.9 Å². The summed E-state index contributed by atoms with van der Waals surface area (Å²) in [5.74, 6) is 0.0457. The number of Topliss-reactive ketones (excluding diaryl/α,β-unsaturated/α-hetero) is 1. The van der Waals surface area contributed by atoms with Crippen molar-refractivity contribution in [3.8, 4) is 0 Å². The van der Waals surface area contributed by atoms with Crippen LogP contribution in [-0.2, 0) is 9.53 Å². The largest absolute Gasteiger partial charge is 0.361 e. The third-order valence-corrected chi connectivity index (χ3v) is 2.07. The van der Waals surface area contributed by atoms with Crippen LogP contribution >= 0.6 is 0 Å². The van der Waals surface area contributed by atoms with Gasteiger partial charge in [0.25, 0.3) is 0 Å². The first-order valence-corrected chi connectivity index (χ1v) is 4.11. The highest BCUT2D eigenvalue weighted by atomic mass is 16.5. The van der Waals surface area contributed by atoms with E-state index in [4.69, 9.17) is 4.74 Å². The first-order valence-electron chi connectivity index (χ1n) is 4.11. The van der Waals surface area contributed by atoms with Gasteiger partial charge in [0, 0.05) is 0 Å². The average Bonchev–Trinajstić information content (AvgIpc) is 1.85. The number of rotatable bonds is 4. The van der Waals surface area contributed by atoms with E-state index in [0.717, 1.165) is 5.57 Å². The zero-order valence-corrected chi connectivity index (χ0v) is 8.60. The number of ether oxygens (including phenoxy) is 1. The summed E-state index contributed by atoms with van der Waals surface area (Å²) in [5, 5.41) is 0. The van der Waals surface area contributed by atoms with Crippen LogP contribution in [0.15, 0.2) is 12.2 Å². The van der Waals surface area contributed by atoms with Gasteiger partial charge in [-0.3, -0.25) is 4.79 Å². The molecule has 0 aliphatic rings. The lowest BCUT2D eigenvalue weighted by Crippen LogP contribution is -2.33. The fraction of sp³-hybridized carbons (Fsp3) is 0.700. The molecule has 0 heterocycles. The molecule has 1 atom stereocenters. The lowest BCUT2D eigenvalue weighted by molar-refractivity contribution is -0.134. The van der Waals surface area contributed by atoms with Crippen LogP contribution in [-0.4, -0.2) is 17.5 Å². The molecule has 12 heavy (non-hydrogen) atoms. The van der Waals surface area contributed by atoms with E-state index in [0.29, 0.717) is 0 Å². The monoisotopic (exact) mass is 170 g/mol. The number of ketones is 1. The van der Waals surface area contributed by atoms with Gasteiger partial charge >= 0.3 is 0 Å². The van der Waals surface area contributed by atoms with E-state index in [1.54, 1.807) is 6.92 Å². The number of carbonyl (C=O) groups is 1. The van der Waals surface area contributed by atoms with Crippen molar-refractivity contribution in [1.82, 2.24) is 0 Å². The molecule has 0 radical (unpaired) electrons. The highest BCUT2D eigenvalue weighted by molar-refractivity contribution is 5.80. The molecule has 1 unspecified atom stereocenters. The summed E-state index contributed by atoms with van der Waals surface area (Å²) in [6, 6.07) is 0. The molecule has 0 aliphatic heterocycles. The standard InChI is InChI=1S/C10H18O2/c1-7(2)10(5,6)12-9(4)8(3)11/h9H,1H2,2-6H3. The molecule has 0 saturated heterocycles. The van der Waals surface area contributed by atoms with Gasteiger partial charge in [0.05, 0.1) is 5.60 Å². The highest BCUT2D eigenvalue weighted by Gasteiger charge is 2.23. The van der Waals surface area contributed by atoms with E-state index < -0.39 is 5.60 Å². The first-order chi connectivity index (χ1) is 5.27. The van der Waals surface area contributed by atoms with Gasteiger partial charge in [-0.25, -0.2) is 0 Å². The summed E-state index contributed by atoms with van der Waals surface area (Å²) >= 11 is 0. The second-order valence-corrected chi connectivity index (χ2v) is 3.66. The van der Waals surface area contributed by atoms with Crippen molar-refractivity contribution in [2.45, 2.75) is 46.3 Å². The van der Waals surface area contributed by atoms with Crippen molar-refractivity contribution >= 4 is 5.78 Å². The molecule has 0 amide bonds. The molecule has 0 saturated carbocycles. The predicted octanol–water partition coefficient (Wildman–Crippen LogP) is 2.34. The molecule has 0 aromatic carbocycles. The van der Waals surface area contributed by atoms with Crippen molar-refractivity contribution in [3.63, 3.8) is 0 Å². The Kier molecular flexibility index (Phi) is 3.65. The maximum atomic E-state index is 10.9. The number of carbonyl (C=O) groups excluding carboxylic acids is 1. The third kappa shape index (κ3) is 3.18. The maximum Gasteiger partial charge on any atom is 0.158 e. The van der Waals surface area contributed by atoms with Crippen LogP contribution in [0, 0.1) is 0 Å². The van der Waals surface area contributed by atoms with Gasteiger partial charge in [-0.2, -0.15) is 0 Å². The molecule has 0 aromatic rings. The number of hydrogen-bond donors (Lipinski definition) is 0. The Morgan fingerprint density at radius 2 is 1.83 bits per heavy atom. The Morgan fingerprint density at radius 3 is 2.08 bits per heavy atom. The Morgan fingerprint density at radius 1 is 1.42 bits per heavy atom. The lowest BCUT2D eigenvalue weighted by Gasteiger charge is -2.28. The van der Waals surface area contributed by atoms with E-state index in [1.807, 2.05) is 20.8 Å². The van der Waals surface area contributed by atoms with Gasteiger partial charge in [-0.05, 0) is 40.2 Å². The van der Waals surface area contributed by atoms with E-state index in [2.05, 4.69) is 6.58 Å². The van der Waals surface area contributed by atoms with E-state index in [9.17, 15) is 4.79 Å². The predicted molar refractivity (Wildman–Crippen MR) is 50.1 cm³/mol. The normalized spacial score (nSPS) is 14.1. The SMILES string of the molecule is C=C(C)C(C)(C)OC(C)C(C)=O. The first kappa shape index (κ1) is 11.4. The van der Waals surface area contributed by atoms with Crippen molar-refractivity contribution in [2.24, 2.45) is 0 Å². The van der Waals surface area contributed by atoms with Gasteiger partial charge in [0.1, 0.15) is 6.10 Å². The van der Waals surface area contributed by atoms with Gasteiger partial charge in [-0.1, -0.05) is 6.58 Å². The van der Waals surface area contributed by atoms with Crippen LogP contribution < -0.4 is 0 Å². The van der Waals surface area contributed by atoms with Crippen molar-refractivity contribution in [3.05, 3.63) is 12.2 Å². The molecule has 0 aromatic heterocycles. The van der Waals surface area contributed by atoms with Gasteiger partial charge in [-0.15, -0.1) is 0 Å². The Balaban J connectivity index is 4.24. The second kappa shape index (κ2) is 3.85. The Labute approximate surface area is 74.6 Å². The molecule has 0 rings (SSSR count). The van der Waals surface area contributed by atoms with Crippen LogP contribution in [0.1, 0.15) is 34.6 Å². The Bertz CT molecular complexity index is 192. The maximum absolute atomic E-state index is 10.9. The third-order valence-electron chi connectivity index (χ3n) is 2.07. The molecule has 2 nitrogen and oxygen atoms in total. The summed E-state index contributed by atoms with van der Waals surface area (Å²) in [4.78, 5) is 10.9. The molecule has 70 valence electrons. The summed E-state index contributed by atoms with van der Waals surface area (Å²) in [6.45, 7) is 12.8. The quantitative estimate of drug-likeness (QED) is 0.605. The smallest absolute Gasteiger partial charge is 0.158 e. The minimum atomic E-state index is -0.412. The van der Waals surface area contributed by atoms with Crippen LogP contribution in [0.5, 0.6) is 0 Å². The highest BCUT2D eigenvalue weighted by Crippen LogP contribution is 2.20. The molecule has 0 spiro atoms. The minimum Gasteiger partial charge on any atom is -0.361 e. The fourth-order valence-electron chi connectivity index (χ4n) is 0.626. The zero-order valence-electron chi connectivity index (χ0n) is 8.60. The lowest BCUT2D eigenvalue weighted by atomic mass is 10.0. The average molecular weight is 170 g/mol. The van der Waals surface area contributed by atoms with Gasteiger partial charge in [0.2, 0.25) is 0 Å². The van der Waals surface area contributed by atoms with Crippen LogP contribution in [0.2, 0.25) is 0 Å². The minimum absolute atomic E-state index is 0.0457. The topological polar surface area (TPSA) is 26.3 Å². The Hall–Kier alpha value is -0.630. The molecular formula is C10H18O2. The van der Waals surface area contributed by atoms with Crippen molar-refractivity contribution in [2.75, 3.05) is 0 Å².